The Balaban J connectivity index is 2.30. The second-order valence-corrected chi connectivity index (χ2v) is 9.51. The summed E-state index contributed by atoms with van der Waals surface area (Å²) in [5, 5.41) is 11.0. The monoisotopic (exact) mass is 374 g/mol. The largest absolute Gasteiger partial charge is 0.507 e. The number of allylic oxidation sites excluding steroid dienone is 2. The lowest BCUT2D eigenvalue weighted by Gasteiger charge is -2.56. The van der Waals surface area contributed by atoms with Gasteiger partial charge >= 0.3 is 5.97 Å². The fraction of sp³-hybridized carbons (Fsp3) is 0.682. The number of hydrogen-bond acceptors (Lipinski definition) is 5. The van der Waals surface area contributed by atoms with E-state index in [9.17, 15) is 19.5 Å². The molecular weight excluding hydrogens is 344 g/mol. The first-order valence-electron chi connectivity index (χ1n) is 9.86. The molecule has 0 aromatic carbocycles. The third-order valence-electron chi connectivity index (χ3n) is 6.92. The number of hydrogen-bond donors (Lipinski definition) is 1. The third kappa shape index (κ3) is 2.86. The molecule has 0 aromatic heterocycles. The third-order valence-corrected chi connectivity index (χ3v) is 6.92. The molecule has 3 rings (SSSR count). The van der Waals surface area contributed by atoms with E-state index in [-0.39, 0.29) is 28.6 Å². The van der Waals surface area contributed by atoms with Crippen molar-refractivity contribution in [1.29, 1.82) is 0 Å². The number of esters is 1. The zero-order chi connectivity index (χ0) is 20.3. The summed E-state index contributed by atoms with van der Waals surface area (Å²) in [6, 6.07) is 0. The molecule has 148 valence electrons. The van der Waals surface area contributed by atoms with Crippen molar-refractivity contribution in [2.45, 2.75) is 73.3 Å². The molecule has 3 aliphatic carbocycles. The molecule has 3 atom stereocenters. The normalized spacial score (nSPS) is 33.1. The van der Waals surface area contributed by atoms with E-state index in [1.807, 2.05) is 6.92 Å². The molecule has 0 aromatic rings. The van der Waals surface area contributed by atoms with E-state index < -0.39 is 29.1 Å². The summed E-state index contributed by atoms with van der Waals surface area (Å²) in [6.07, 6.45) is 2.62. The second-order valence-electron chi connectivity index (χ2n) is 9.51. The van der Waals surface area contributed by atoms with Crippen LogP contribution in [-0.2, 0) is 19.1 Å². The molecule has 1 fully saturated rings. The van der Waals surface area contributed by atoms with E-state index in [1.165, 1.54) is 6.92 Å². The van der Waals surface area contributed by atoms with Crippen molar-refractivity contribution in [3.63, 3.8) is 0 Å². The molecule has 0 unspecified atom stereocenters. The summed E-state index contributed by atoms with van der Waals surface area (Å²) in [6.45, 7) is 11.3. The number of carbonyl (C=O) groups excluding carboxylic acids is 3. The van der Waals surface area contributed by atoms with E-state index in [4.69, 9.17) is 4.74 Å². The predicted octanol–water partition coefficient (Wildman–Crippen LogP) is 4.07. The molecule has 1 N–H and O–H groups in total. The van der Waals surface area contributed by atoms with E-state index in [0.29, 0.717) is 17.6 Å². The van der Waals surface area contributed by atoms with Crippen molar-refractivity contribution in [2.24, 2.45) is 22.7 Å². The number of fused-ring (bicyclic) bond motifs is 2. The van der Waals surface area contributed by atoms with E-state index in [0.717, 1.165) is 19.3 Å². The molecule has 0 aliphatic heterocycles. The van der Waals surface area contributed by atoms with Crippen molar-refractivity contribution < 1.29 is 24.2 Å². The first-order valence-corrected chi connectivity index (χ1v) is 9.86. The Morgan fingerprint density at radius 1 is 1.15 bits per heavy atom. The van der Waals surface area contributed by atoms with E-state index >= 15 is 0 Å². The summed E-state index contributed by atoms with van der Waals surface area (Å²) >= 11 is 0. The van der Waals surface area contributed by atoms with Crippen molar-refractivity contribution in [3.05, 3.63) is 22.5 Å². The van der Waals surface area contributed by atoms with Gasteiger partial charge in [-0.2, -0.15) is 0 Å². The maximum absolute atomic E-state index is 13.2. The highest BCUT2D eigenvalue weighted by Crippen LogP contribution is 2.61. The van der Waals surface area contributed by atoms with Crippen LogP contribution in [0.2, 0.25) is 0 Å². The molecule has 1 saturated carbocycles. The highest BCUT2D eigenvalue weighted by molar-refractivity contribution is 6.50. The fourth-order valence-electron chi connectivity index (χ4n) is 5.79. The first kappa shape index (κ1) is 19.8. The molecule has 3 aliphatic rings. The van der Waals surface area contributed by atoms with Crippen LogP contribution < -0.4 is 0 Å². The molecule has 0 saturated heterocycles. The molecule has 0 amide bonds. The minimum absolute atomic E-state index is 0.0507. The number of aliphatic hydroxyl groups excluding tert-OH is 1. The lowest BCUT2D eigenvalue weighted by Crippen LogP contribution is -2.53. The summed E-state index contributed by atoms with van der Waals surface area (Å²) < 4.78 is 5.58. The Hall–Kier alpha value is -1.91. The molecule has 0 heterocycles. The van der Waals surface area contributed by atoms with Crippen LogP contribution in [0.1, 0.15) is 67.2 Å². The van der Waals surface area contributed by atoms with Crippen LogP contribution in [0.25, 0.3) is 0 Å². The van der Waals surface area contributed by atoms with Gasteiger partial charge in [-0.05, 0) is 36.5 Å². The number of Topliss-reactive ketones (excluding diaryl/α,β-unsaturated/α-hetero) is 2. The van der Waals surface area contributed by atoms with Crippen LogP contribution in [0, 0.1) is 22.7 Å². The standard InChI is InChI=1S/C22H30O5/c1-11(2)15-18(24)16-13(27-12(3)23)10-14-21(4,5)8-7-9-22(14,6)17(16)20(26)19(15)25/h11,13-14,24H,7-10H2,1-6H3/t13-,14-,22+/m1/s1. The maximum atomic E-state index is 13.2. The van der Waals surface area contributed by atoms with Gasteiger partial charge in [0.15, 0.2) is 0 Å². The topological polar surface area (TPSA) is 80.7 Å². The Morgan fingerprint density at radius 2 is 1.78 bits per heavy atom. The predicted molar refractivity (Wildman–Crippen MR) is 101 cm³/mol. The van der Waals surface area contributed by atoms with Crippen LogP contribution in [0.5, 0.6) is 0 Å². The minimum Gasteiger partial charge on any atom is -0.507 e. The summed E-state index contributed by atoms with van der Waals surface area (Å²) in [7, 11) is 0. The number of carbonyl (C=O) groups is 3. The smallest absolute Gasteiger partial charge is 0.303 e. The Kier molecular flexibility index (Phi) is 4.64. The fourth-order valence-corrected chi connectivity index (χ4v) is 5.79. The van der Waals surface area contributed by atoms with Gasteiger partial charge in [0, 0.05) is 29.1 Å². The van der Waals surface area contributed by atoms with Crippen molar-refractivity contribution in [3.8, 4) is 0 Å². The van der Waals surface area contributed by atoms with Gasteiger partial charge in [-0.3, -0.25) is 14.4 Å². The van der Waals surface area contributed by atoms with Gasteiger partial charge in [0.05, 0.1) is 0 Å². The highest BCUT2D eigenvalue weighted by atomic mass is 16.5. The molecule has 5 nitrogen and oxygen atoms in total. The zero-order valence-electron chi connectivity index (χ0n) is 17.1. The van der Waals surface area contributed by atoms with Crippen LogP contribution in [-0.4, -0.2) is 28.7 Å². The molecule has 0 bridgehead atoms. The van der Waals surface area contributed by atoms with E-state index in [2.05, 4.69) is 13.8 Å². The number of rotatable bonds is 2. The van der Waals surface area contributed by atoms with Gasteiger partial charge in [0.2, 0.25) is 11.6 Å². The van der Waals surface area contributed by atoms with Gasteiger partial charge in [-0.15, -0.1) is 0 Å². The number of ketones is 2. The van der Waals surface area contributed by atoms with Crippen LogP contribution in [0.15, 0.2) is 22.5 Å². The van der Waals surface area contributed by atoms with Crippen molar-refractivity contribution >= 4 is 17.5 Å². The SMILES string of the molecule is CC(=O)O[C@@H]1C[C@@H]2C(C)(C)CCC[C@]2(C)C2=C1C(O)=C(C(C)C)C(=O)C2=O. The maximum Gasteiger partial charge on any atom is 0.303 e. The van der Waals surface area contributed by atoms with Crippen LogP contribution in [0.3, 0.4) is 0 Å². The zero-order valence-corrected chi connectivity index (χ0v) is 17.1. The van der Waals surface area contributed by atoms with Gasteiger partial charge in [-0.25, -0.2) is 0 Å². The van der Waals surface area contributed by atoms with Gasteiger partial charge < -0.3 is 9.84 Å². The molecule has 0 spiro atoms. The lowest BCUT2D eigenvalue weighted by atomic mass is 9.48. The van der Waals surface area contributed by atoms with Crippen molar-refractivity contribution in [2.75, 3.05) is 0 Å². The quantitative estimate of drug-likeness (QED) is 0.448. The van der Waals surface area contributed by atoms with Gasteiger partial charge in [0.25, 0.3) is 0 Å². The van der Waals surface area contributed by atoms with Crippen LogP contribution >= 0.6 is 0 Å². The highest BCUT2D eigenvalue weighted by Gasteiger charge is 2.58. The Labute approximate surface area is 160 Å². The molecular formula is C22H30O5. The molecule has 5 heteroatoms. The average molecular weight is 374 g/mol. The summed E-state index contributed by atoms with van der Waals surface area (Å²) in [5.41, 5.74) is 0.328. The van der Waals surface area contributed by atoms with Gasteiger partial charge in [0.1, 0.15) is 11.9 Å². The average Bonchev–Trinajstić information content (AvgIpc) is 2.52. The summed E-state index contributed by atoms with van der Waals surface area (Å²) in [4.78, 5) is 37.8. The second kappa shape index (κ2) is 6.32. The van der Waals surface area contributed by atoms with Crippen molar-refractivity contribution in [1.82, 2.24) is 0 Å². The molecule has 0 radical (unpaired) electrons. The number of ether oxygens (including phenoxy) is 1. The number of aliphatic hydroxyl groups is 1. The molecule has 27 heavy (non-hydrogen) atoms. The first-order chi connectivity index (χ1) is 12.4. The Bertz CT molecular complexity index is 783. The van der Waals surface area contributed by atoms with E-state index in [1.54, 1.807) is 13.8 Å². The summed E-state index contributed by atoms with van der Waals surface area (Å²) in [5.74, 6) is -1.96. The van der Waals surface area contributed by atoms with Crippen LogP contribution in [0.4, 0.5) is 0 Å². The minimum atomic E-state index is -0.696. The Morgan fingerprint density at radius 3 is 2.33 bits per heavy atom. The van der Waals surface area contributed by atoms with Gasteiger partial charge in [-0.1, -0.05) is 41.0 Å². The lowest BCUT2D eigenvalue weighted by molar-refractivity contribution is -0.149.